The molecule has 0 amide bonds. The first-order valence-electron chi connectivity index (χ1n) is 5.27. The fraction of sp³-hybridized carbons (Fsp3) is 0.154. The van der Waals surface area contributed by atoms with E-state index in [2.05, 4.69) is 12.6 Å². The molecule has 0 saturated carbocycles. The maximum atomic E-state index is 11.4. The minimum atomic E-state index is -0.312. The summed E-state index contributed by atoms with van der Waals surface area (Å²) in [5.41, 5.74) is 1.44. The topological polar surface area (TPSA) is 39.4 Å². The Morgan fingerprint density at radius 2 is 1.94 bits per heavy atom. The number of carbonyl (C=O) groups excluding carboxylic acids is 1. The van der Waals surface area contributed by atoms with Gasteiger partial charge in [-0.2, -0.15) is 0 Å². The molecular weight excluding hydrogens is 236 g/mol. The minimum Gasteiger partial charge on any atom is -0.462 e. The maximum Gasteiger partial charge on any atom is 0.338 e. The molecule has 0 N–H and O–H groups in total. The summed E-state index contributed by atoms with van der Waals surface area (Å²) in [7, 11) is 0. The molecular formula is C13H12O3S. The second-order valence-electron chi connectivity index (χ2n) is 3.44. The lowest BCUT2D eigenvalue weighted by Crippen LogP contribution is -2.03. The number of ether oxygens (including phenoxy) is 1. The number of carbonyl (C=O) groups is 1. The Kier molecular flexibility index (Phi) is 3.54. The average molecular weight is 248 g/mol. The zero-order chi connectivity index (χ0) is 12.3. The molecule has 2 rings (SSSR count). The summed E-state index contributed by atoms with van der Waals surface area (Å²) < 4.78 is 10.3. The lowest BCUT2D eigenvalue weighted by Gasteiger charge is -2.02. The highest BCUT2D eigenvalue weighted by atomic mass is 32.1. The Morgan fingerprint density at radius 1 is 1.24 bits per heavy atom. The SMILES string of the molecule is CCOC(=O)c1ccc(-c2ccc(S)o2)cc1. The van der Waals surface area contributed by atoms with Crippen LogP contribution in [-0.2, 0) is 4.74 Å². The smallest absolute Gasteiger partial charge is 0.338 e. The van der Waals surface area contributed by atoms with Gasteiger partial charge in [-0.05, 0) is 31.2 Å². The fourth-order valence-corrected chi connectivity index (χ4v) is 1.64. The second kappa shape index (κ2) is 5.10. The number of hydrogen-bond donors (Lipinski definition) is 1. The van der Waals surface area contributed by atoms with Crippen molar-refractivity contribution < 1.29 is 13.9 Å². The molecule has 0 aliphatic rings. The Morgan fingerprint density at radius 3 is 2.47 bits per heavy atom. The number of thiol groups is 1. The summed E-state index contributed by atoms with van der Waals surface area (Å²) in [6, 6.07) is 10.7. The lowest BCUT2D eigenvalue weighted by atomic mass is 10.1. The highest BCUT2D eigenvalue weighted by molar-refractivity contribution is 7.80. The molecule has 1 aromatic heterocycles. The van der Waals surface area contributed by atoms with Crippen LogP contribution in [0.2, 0.25) is 0 Å². The standard InChI is InChI=1S/C13H12O3S/c1-2-15-13(14)10-5-3-9(4-6-10)11-7-8-12(17)16-11/h3-8,17H,2H2,1H3. The Balaban J connectivity index is 2.21. The van der Waals surface area contributed by atoms with Crippen LogP contribution in [0.4, 0.5) is 0 Å². The van der Waals surface area contributed by atoms with Crippen molar-refractivity contribution >= 4 is 18.6 Å². The second-order valence-corrected chi connectivity index (χ2v) is 3.88. The molecule has 0 radical (unpaired) electrons. The van der Waals surface area contributed by atoms with E-state index in [1.807, 2.05) is 18.2 Å². The van der Waals surface area contributed by atoms with Gasteiger partial charge < -0.3 is 9.15 Å². The third-order valence-corrected chi connectivity index (χ3v) is 2.51. The van der Waals surface area contributed by atoms with E-state index in [-0.39, 0.29) is 5.97 Å². The zero-order valence-corrected chi connectivity index (χ0v) is 10.2. The Labute approximate surface area is 105 Å². The normalized spacial score (nSPS) is 10.2. The van der Waals surface area contributed by atoms with Crippen LogP contribution in [0.5, 0.6) is 0 Å². The number of rotatable bonds is 3. The third kappa shape index (κ3) is 2.71. The minimum absolute atomic E-state index is 0.312. The molecule has 0 atom stereocenters. The van der Waals surface area contributed by atoms with Crippen LogP contribution in [-0.4, -0.2) is 12.6 Å². The molecule has 0 fully saturated rings. The molecule has 0 unspecified atom stereocenters. The van der Waals surface area contributed by atoms with Crippen LogP contribution in [0, 0.1) is 0 Å². The first-order valence-corrected chi connectivity index (χ1v) is 5.72. The molecule has 0 aliphatic heterocycles. The molecule has 88 valence electrons. The Hall–Kier alpha value is -1.68. The number of esters is 1. The maximum absolute atomic E-state index is 11.4. The molecule has 0 bridgehead atoms. The first kappa shape index (κ1) is 11.8. The predicted molar refractivity (Wildman–Crippen MR) is 67.4 cm³/mol. The average Bonchev–Trinajstić information content (AvgIpc) is 2.76. The molecule has 3 nitrogen and oxygen atoms in total. The summed E-state index contributed by atoms with van der Waals surface area (Å²) >= 11 is 4.10. The molecule has 0 spiro atoms. The van der Waals surface area contributed by atoms with E-state index in [1.54, 1.807) is 25.1 Å². The van der Waals surface area contributed by atoms with Crippen molar-refractivity contribution in [2.75, 3.05) is 6.61 Å². The summed E-state index contributed by atoms with van der Waals surface area (Å²) in [5.74, 6) is 0.416. The highest BCUT2D eigenvalue weighted by Gasteiger charge is 2.07. The largest absolute Gasteiger partial charge is 0.462 e. The summed E-state index contributed by atoms with van der Waals surface area (Å²) in [5, 5.41) is 0.564. The number of furan rings is 1. The van der Waals surface area contributed by atoms with Crippen molar-refractivity contribution in [2.24, 2.45) is 0 Å². The van der Waals surface area contributed by atoms with Crippen LogP contribution in [0.25, 0.3) is 11.3 Å². The molecule has 1 heterocycles. The van der Waals surface area contributed by atoms with E-state index in [0.717, 1.165) is 11.3 Å². The van der Waals surface area contributed by atoms with Gasteiger partial charge in [-0.1, -0.05) is 12.1 Å². The van der Waals surface area contributed by atoms with Gasteiger partial charge in [-0.25, -0.2) is 4.79 Å². The summed E-state index contributed by atoms with van der Waals surface area (Å²) in [6.45, 7) is 2.16. The number of hydrogen-bond acceptors (Lipinski definition) is 4. The molecule has 17 heavy (non-hydrogen) atoms. The van der Waals surface area contributed by atoms with Crippen LogP contribution >= 0.6 is 12.6 Å². The van der Waals surface area contributed by atoms with Crippen molar-refractivity contribution in [1.82, 2.24) is 0 Å². The van der Waals surface area contributed by atoms with Gasteiger partial charge in [-0.15, -0.1) is 12.6 Å². The van der Waals surface area contributed by atoms with Crippen molar-refractivity contribution in [2.45, 2.75) is 12.0 Å². The van der Waals surface area contributed by atoms with Gasteiger partial charge in [0.15, 0.2) is 5.09 Å². The van der Waals surface area contributed by atoms with Crippen molar-refractivity contribution in [3.05, 3.63) is 42.0 Å². The summed E-state index contributed by atoms with van der Waals surface area (Å²) in [4.78, 5) is 11.4. The molecule has 2 aromatic rings. The van der Waals surface area contributed by atoms with Gasteiger partial charge >= 0.3 is 5.97 Å². The van der Waals surface area contributed by atoms with Crippen molar-refractivity contribution in [1.29, 1.82) is 0 Å². The molecule has 1 aromatic carbocycles. The monoisotopic (exact) mass is 248 g/mol. The van der Waals surface area contributed by atoms with E-state index in [9.17, 15) is 4.79 Å². The van der Waals surface area contributed by atoms with E-state index >= 15 is 0 Å². The zero-order valence-electron chi connectivity index (χ0n) is 9.34. The lowest BCUT2D eigenvalue weighted by molar-refractivity contribution is 0.0526. The van der Waals surface area contributed by atoms with Gasteiger partial charge in [0.05, 0.1) is 12.2 Å². The van der Waals surface area contributed by atoms with Gasteiger partial charge in [-0.3, -0.25) is 0 Å². The predicted octanol–water partition coefficient (Wildman–Crippen LogP) is 3.41. The van der Waals surface area contributed by atoms with Gasteiger partial charge in [0.25, 0.3) is 0 Å². The van der Waals surface area contributed by atoms with Gasteiger partial charge in [0.2, 0.25) is 0 Å². The number of benzene rings is 1. The van der Waals surface area contributed by atoms with E-state index < -0.39 is 0 Å². The first-order chi connectivity index (χ1) is 8.20. The molecule has 0 saturated heterocycles. The van der Waals surface area contributed by atoms with E-state index in [1.165, 1.54) is 0 Å². The van der Waals surface area contributed by atoms with Crippen molar-refractivity contribution in [3.8, 4) is 11.3 Å². The van der Waals surface area contributed by atoms with Crippen LogP contribution in [0.15, 0.2) is 45.9 Å². The fourth-order valence-electron chi connectivity index (χ4n) is 1.47. The van der Waals surface area contributed by atoms with E-state index in [0.29, 0.717) is 17.3 Å². The highest BCUT2D eigenvalue weighted by Crippen LogP contribution is 2.24. The van der Waals surface area contributed by atoms with Crippen LogP contribution < -0.4 is 0 Å². The quantitative estimate of drug-likeness (QED) is 0.668. The Bertz CT molecular complexity index is 514. The van der Waals surface area contributed by atoms with Crippen LogP contribution in [0.1, 0.15) is 17.3 Å². The van der Waals surface area contributed by atoms with E-state index in [4.69, 9.17) is 9.15 Å². The molecule has 0 aliphatic carbocycles. The molecule has 4 heteroatoms. The van der Waals surface area contributed by atoms with Gasteiger partial charge in [0, 0.05) is 5.56 Å². The van der Waals surface area contributed by atoms with Crippen LogP contribution in [0.3, 0.4) is 0 Å². The van der Waals surface area contributed by atoms with Crippen molar-refractivity contribution in [3.63, 3.8) is 0 Å². The van der Waals surface area contributed by atoms with Gasteiger partial charge in [0.1, 0.15) is 5.76 Å². The third-order valence-electron chi connectivity index (χ3n) is 2.27. The summed E-state index contributed by atoms with van der Waals surface area (Å²) in [6.07, 6.45) is 0.